The van der Waals surface area contributed by atoms with Crippen LogP contribution in [-0.2, 0) is 14.6 Å². The molecule has 1 heterocycles. The van der Waals surface area contributed by atoms with Gasteiger partial charge in [0.1, 0.15) is 6.23 Å². The Labute approximate surface area is 90.5 Å². The minimum absolute atomic E-state index is 0.535. The Morgan fingerprint density at radius 3 is 2.53 bits per heavy atom. The highest BCUT2D eigenvalue weighted by Gasteiger charge is 2.24. The molecule has 0 aromatic rings. The second-order valence-corrected chi connectivity index (χ2v) is 4.60. The van der Waals surface area contributed by atoms with Crippen LogP contribution >= 0.6 is 0 Å². The molecular formula is C8H18N2O4S. The van der Waals surface area contributed by atoms with Crippen molar-refractivity contribution in [3.8, 4) is 0 Å². The lowest BCUT2D eigenvalue weighted by molar-refractivity contribution is 0.00757. The maximum Gasteiger partial charge on any atom is 0.398 e. The lowest BCUT2D eigenvalue weighted by Crippen LogP contribution is -2.49. The van der Waals surface area contributed by atoms with E-state index in [0.29, 0.717) is 6.42 Å². The van der Waals surface area contributed by atoms with E-state index < -0.39 is 16.6 Å². The smallest absolute Gasteiger partial charge is 0.314 e. The molecule has 1 unspecified atom stereocenters. The van der Waals surface area contributed by atoms with Gasteiger partial charge < -0.3 is 5.32 Å². The van der Waals surface area contributed by atoms with Gasteiger partial charge in [-0.05, 0) is 6.42 Å². The number of hydrogen-bond donors (Lipinski definition) is 2. The quantitative estimate of drug-likeness (QED) is 0.648. The molecular weight excluding hydrogens is 220 g/mol. The molecule has 2 N–H and O–H groups in total. The second kappa shape index (κ2) is 5.76. The molecule has 1 rings (SSSR count). The van der Waals surface area contributed by atoms with E-state index in [1.807, 2.05) is 11.8 Å². The molecule has 1 aliphatic heterocycles. The fourth-order valence-corrected chi connectivity index (χ4v) is 2.15. The molecule has 0 amide bonds. The van der Waals surface area contributed by atoms with Crippen molar-refractivity contribution in [3.63, 3.8) is 0 Å². The third-order valence-electron chi connectivity index (χ3n) is 2.33. The molecule has 90 valence electrons. The molecule has 0 saturated carbocycles. The zero-order valence-corrected chi connectivity index (χ0v) is 9.66. The molecule has 1 aliphatic rings. The predicted molar refractivity (Wildman–Crippen MR) is 55.8 cm³/mol. The van der Waals surface area contributed by atoms with Gasteiger partial charge in [-0.2, -0.15) is 8.42 Å². The number of nitrogens with one attached hydrogen (secondary N) is 1. The first-order valence-electron chi connectivity index (χ1n) is 5.13. The van der Waals surface area contributed by atoms with Crippen LogP contribution in [0.3, 0.4) is 0 Å². The van der Waals surface area contributed by atoms with Gasteiger partial charge in [-0.25, -0.2) is 4.18 Å². The standard InChI is InChI=1S/C8H18N2O4S/c1-2-3-8(14-15(11,12)13)10-6-4-9-5-7-10/h8-9H,2-7H2,1H3,(H,11,12,13). The molecule has 0 aliphatic carbocycles. The summed E-state index contributed by atoms with van der Waals surface area (Å²) in [5.74, 6) is 0. The molecule has 7 heteroatoms. The van der Waals surface area contributed by atoms with Crippen LogP contribution in [0.2, 0.25) is 0 Å². The fourth-order valence-electron chi connectivity index (χ4n) is 1.65. The molecule has 0 radical (unpaired) electrons. The van der Waals surface area contributed by atoms with Gasteiger partial charge in [0.2, 0.25) is 0 Å². The summed E-state index contributed by atoms with van der Waals surface area (Å²) >= 11 is 0. The highest BCUT2D eigenvalue weighted by atomic mass is 32.3. The van der Waals surface area contributed by atoms with Gasteiger partial charge in [-0.3, -0.25) is 9.45 Å². The van der Waals surface area contributed by atoms with Gasteiger partial charge in [0, 0.05) is 26.2 Å². The van der Waals surface area contributed by atoms with Gasteiger partial charge in [0.25, 0.3) is 0 Å². The van der Waals surface area contributed by atoms with Crippen LogP contribution in [0.4, 0.5) is 0 Å². The van der Waals surface area contributed by atoms with Gasteiger partial charge in [-0.1, -0.05) is 13.3 Å². The molecule has 15 heavy (non-hydrogen) atoms. The van der Waals surface area contributed by atoms with Crippen LogP contribution in [-0.4, -0.2) is 50.3 Å². The lowest BCUT2D eigenvalue weighted by Gasteiger charge is -2.33. The number of nitrogens with zero attached hydrogens (tertiary/aromatic N) is 1. The first-order chi connectivity index (χ1) is 7.03. The number of hydrogen-bond acceptors (Lipinski definition) is 5. The van der Waals surface area contributed by atoms with Gasteiger partial charge in [-0.15, -0.1) is 0 Å². The van der Waals surface area contributed by atoms with Crippen molar-refractivity contribution < 1.29 is 17.2 Å². The van der Waals surface area contributed by atoms with E-state index in [4.69, 9.17) is 4.55 Å². The zero-order valence-electron chi connectivity index (χ0n) is 8.85. The van der Waals surface area contributed by atoms with E-state index in [-0.39, 0.29) is 0 Å². The highest BCUT2D eigenvalue weighted by molar-refractivity contribution is 7.80. The van der Waals surface area contributed by atoms with Crippen LogP contribution < -0.4 is 5.32 Å². The lowest BCUT2D eigenvalue weighted by atomic mass is 10.2. The van der Waals surface area contributed by atoms with Crippen molar-refractivity contribution in [1.82, 2.24) is 10.2 Å². The number of piperazine rings is 1. The molecule has 6 nitrogen and oxygen atoms in total. The summed E-state index contributed by atoms with van der Waals surface area (Å²) in [4.78, 5) is 1.92. The Bertz CT molecular complexity index is 274. The topological polar surface area (TPSA) is 78.9 Å². The van der Waals surface area contributed by atoms with Crippen molar-refractivity contribution in [2.45, 2.75) is 26.0 Å². The summed E-state index contributed by atoms with van der Waals surface area (Å²) in [5.41, 5.74) is 0. The second-order valence-electron chi connectivity index (χ2n) is 3.55. The third kappa shape index (κ3) is 4.89. The Morgan fingerprint density at radius 1 is 1.47 bits per heavy atom. The maximum atomic E-state index is 10.7. The minimum atomic E-state index is -4.36. The normalized spacial score (nSPS) is 21.5. The fraction of sp³-hybridized carbons (Fsp3) is 1.00. The summed E-state index contributed by atoms with van der Waals surface area (Å²) in [6, 6.07) is 0. The van der Waals surface area contributed by atoms with E-state index in [9.17, 15) is 8.42 Å². The third-order valence-corrected chi connectivity index (χ3v) is 2.79. The van der Waals surface area contributed by atoms with Crippen molar-refractivity contribution in [1.29, 1.82) is 0 Å². The van der Waals surface area contributed by atoms with E-state index in [1.165, 1.54) is 0 Å². The van der Waals surface area contributed by atoms with Crippen LogP contribution in [0, 0.1) is 0 Å². The average Bonchev–Trinajstić information content (AvgIpc) is 2.17. The summed E-state index contributed by atoms with van der Waals surface area (Å²) in [7, 11) is -4.36. The molecule has 1 fully saturated rings. The SMILES string of the molecule is CCCC(OS(=O)(=O)O)N1CCNCC1. The Morgan fingerprint density at radius 2 is 2.07 bits per heavy atom. The molecule has 0 bridgehead atoms. The first kappa shape index (κ1) is 12.9. The monoisotopic (exact) mass is 238 g/mol. The van der Waals surface area contributed by atoms with Crippen LogP contribution in [0.15, 0.2) is 0 Å². The van der Waals surface area contributed by atoms with Gasteiger partial charge >= 0.3 is 10.4 Å². The van der Waals surface area contributed by atoms with Crippen molar-refractivity contribution in [2.75, 3.05) is 26.2 Å². The van der Waals surface area contributed by atoms with E-state index >= 15 is 0 Å². The zero-order chi connectivity index (χ0) is 11.3. The summed E-state index contributed by atoms with van der Waals surface area (Å²) in [6.07, 6.45) is 0.872. The highest BCUT2D eigenvalue weighted by Crippen LogP contribution is 2.11. The molecule has 1 atom stereocenters. The molecule has 1 saturated heterocycles. The molecule has 0 aromatic heterocycles. The first-order valence-corrected chi connectivity index (χ1v) is 6.50. The summed E-state index contributed by atoms with van der Waals surface area (Å²) < 4.78 is 34.6. The summed E-state index contributed by atoms with van der Waals surface area (Å²) in [5, 5.41) is 3.17. The minimum Gasteiger partial charge on any atom is -0.314 e. The van der Waals surface area contributed by atoms with Gasteiger partial charge in [0.15, 0.2) is 0 Å². The Hall–Kier alpha value is -0.210. The Balaban J connectivity index is 2.55. The van der Waals surface area contributed by atoms with Crippen LogP contribution in [0.1, 0.15) is 19.8 Å². The molecule has 0 aromatic carbocycles. The predicted octanol–water partition coefficient (Wildman–Crippen LogP) is -0.163. The van der Waals surface area contributed by atoms with E-state index in [1.54, 1.807) is 0 Å². The van der Waals surface area contributed by atoms with Crippen molar-refractivity contribution in [2.24, 2.45) is 0 Å². The van der Waals surface area contributed by atoms with Gasteiger partial charge in [0.05, 0.1) is 0 Å². The summed E-state index contributed by atoms with van der Waals surface area (Å²) in [6.45, 7) is 5.05. The largest absolute Gasteiger partial charge is 0.398 e. The average molecular weight is 238 g/mol. The Kier molecular flexibility index (Phi) is 4.94. The van der Waals surface area contributed by atoms with Crippen LogP contribution in [0.5, 0.6) is 0 Å². The van der Waals surface area contributed by atoms with Crippen molar-refractivity contribution in [3.05, 3.63) is 0 Å². The number of rotatable bonds is 5. The van der Waals surface area contributed by atoms with Crippen molar-refractivity contribution >= 4 is 10.4 Å². The van der Waals surface area contributed by atoms with E-state index in [0.717, 1.165) is 32.6 Å². The van der Waals surface area contributed by atoms with Crippen LogP contribution in [0.25, 0.3) is 0 Å². The molecule has 0 spiro atoms. The maximum absolute atomic E-state index is 10.7. The van der Waals surface area contributed by atoms with E-state index in [2.05, 4.69) is 9.50 Å².